The van der Waals surface area contributed by atoms with E-state index in [9.17, 15) is 0 Å². The van der Waals surface area contributed by atoms with E-state index in [0.717, 1.165) is 24.2 Å². The number of halogens is 3. The monoisotopic (exact) mass is 448 g/mol. The van der Waals surface area contributed by atoms with Gasteiger partial charge in [0.2, 0.25) is 0 Å². The number of alkyl halides is 1. The summed E-state index contributed by atoms with van der Waals surface area (Å²) in [6.45, 7) is 0. The van der Waals surface area contributed by atoms with Gasteiger partial charge >= 0.3 is 0 Å². The molecule has 1 unspecified atom stereocenters. The van der Waals surface area contributed by atoms with Crippen molar-refractivity contribution in [2.24, 2.45) is 23.2 Å². The van der Waals surface area contributed by atoms with E-state index in [4.69, 9.17) is 0 Å². The lowest BCUT2D eigenvalue weighted by atomic mass is 9.46. The van der Waals surface area contributed by atoms with Crippen LogP contribution >= 0.6 is 47.8 Å². The van der Waals surface area contributed by atoms with Crippen molar-refractivity contribution >= 4 is 47.8 Å². The molecule has 1 atom stereocenters. The van der Waals surface area contributed by atoms with E-state index in [1.807, 2.05) is 0 Å². The van der Waals surface area contributed by atoms with Gasteiger partial charge in [-0.2, -0.15) is 0 Å². The zero-order chi connectivity index (χ0) is 13.3. The molecule has 4 bridgehead atoms. The highest BCUT2D eigenvalue weighted by Crippen LogP contribution is 2.67. The molecule has 0 aromatic carbocycles. The zero-order valence-electron chi connectivity index (χ0n) is 11.0. The third-order valence-electron chi connectivity index (χ3n) is 6.01. The first-order valence-electron chi connectivity index (χ1n) is 7.41. The quantitative estimate of drug-likeness (QED) is 0.411. The average Bonchev–Trinajstić information content (AvgIpc) is 2.24. The Bertz CT molecular complexity index is 441. The molecular formula is C16H19Br3. The van der Waals surface area contributed by atoms with Crippen molar-refractivity contribution in [1.29, 1.82) is 0 Å². The molecule has 0 aliphatic heterocycles. The first-order valence-corrected chi connectivity index (χ1v) is 9.79. The second kappa shape index (κ2) is 4.46. The molecule has 0 N–H and O–H groups in total. The van der Waals surface area contributed by atoms with Crippen LogP contribution in [0.5, 0.6) is 0 Å². The minimum absolute atomic E-state index is 0.169. The van der Waals surface area contributed by atoms with Gasteiger partial charge in [-0.25, -0.2) is 0 Å². The van der Waals surface area contributed by atoms with Crippen LogP contribution in [0.3, 0.4) is 0 Å². The molecule has 0 saturated heterocycles. The molecule has 0 radical (unpaired) electrons. The topological polar surface area (TPSA) is 0 Å². The smallest absolute Gasteiger partial charge is 0.0552 e. The van der Waals surface area contributed by atoms with Crippen molar-refractivity contribution in [3.63, 3.8) is 0 Å². The second-order valence-electron chi connectivity index (χ2n) is 7.36. The van der Waals surface area contributed by atoms with Gasteiger partial charge in [-0.1, -0.05) is 53.9 Å². The summed E-state index contributed by atoms with van der Waals surface area (Å²) in [5.74, 6) is 3.03. The average molecular weight is 451 g/mol. The van der Waals surface area contributed by atoms with Gasteiger partial charge in [0.1, 0.15) is 0 Å². The Morgan fingerprint density at radius 2 is 1.47 bits per heavy atom. The first kappa shape index (κ1) is 13.6. The maximum Gasteiger partial charge on any atom is 0.0552 e. The maximum atomic E-state index is 4.19. The van der Waals surface area contributed by atoms with Crippen molar-refractivity contribution in [2.75, 3.05) is 0 Å². The third kappa shape index (κ3) is 2.09. The molecule has 4 saturated carbocycles. The van der Waals surface area contributed by atoms with E-state index in [1.54, 1.807) is 0 Å². The lowest BCUT2D eigenvalue weighted by Gasteiger charge is -2.62. The van der Waals surface area contributed by atoms with Crippen molar-refractivity contribution in [3.8, 4) is 0 Å². The van der Waals surface area contributed by atoms with Gasteiger partial charge in [0.05, 0.1) is 4.32 Å². The van der Waals surface area contributed by atoms with E-state index >= 15 is 0 Å². The van der Waals surface area contributed by atoms with Gasteiger partial charge < -0.3 is 0 Å². The minimum atomic E-state index is 0.169. The fourth-order valence-corrected chi connectivity index (χ4v) is 9.10. The van der Waals surface area contributed by atoms with Crippen LogP contribution in [-0.2, 0) is 0 Å². The summed E-state index contributed by atoms with van der Waals surface area (Å²) < 4.78 is 2.73. The summed E-state index contributed by atoms with van der Waals surface area (Å²) in [4.78, 5) is 0. The Balaban J connectivity index is 1.74. The Morgan fingerprint density at radius 3 is 1.95 bits per heavy atom. The highest BCUT2D eigenvalue weighted by atomic mass is 79.9. The predicted octanol–water partition coefficient (Wildman–Crippen LogP) is 6.30. The van der Waals surface area contributed by atoms with Crippen molar-refractivity contribution in [3.05, 3.63) is 21.1 Å². The van der Waals surface area contributed by atoms with Crippen molar-refractivity contribution in [1.82, 2.24) is 0 Å². The fraction of sp³-hybridized carbons (Fsp3) is 0.750. The molecule has 5 rings (SSSR count). The molecule has 104 valence electrons. The van der Waals surface area contributed by atoms with Crippen LogP contribution in [0, 0.1) is 23.2 Å². The molecule has 5 aliphatic rings. The molecule has 0 heterocycles. The zero-order valence-corrected chi connectivity index (χ0v) is 15.7. The van der Waals surface area contributed by atoms with Crippen LogP contribution in [0.1, 0.15) is 44.9 Å². The van der Waals surface area contributed by atoms with Crippen molar-refractivity contribution in [2.45, 2.75) is 49.3 Å². The molecule has 0 nitrogen and oxygen atoms in total. The van der Waals surface area contributed by atoms with Gasteiger partial charge in [0.15, 0.2) is 0 Å². The van der Waals surface area contributed by atoms with Gasteiger partial charge in [0, 0.05) is 4.48 Å². The lowest BCUT2D eigenvalue weighted by Crippen LogP contribution is -2.55. The summed E-state index contributed by atoms with van der Waals surface area (Å²) in [6, 6.07) is 0. The summed E-state index contributed by atoms with van der Waals surface area (Å²) >= 11 is 11.6. The summed E-state index contributed by atoms with van der Waals surface area (Å²) in [5, 5.41) is 0. The molecule has 0 spiro atoms. The molecule has 0 aromatic rings. The SMILES string of the molecule is BrC1=CC(Br)(C23CC4CC(CC(C4)C2)C3)CC(Br)=C1. The molecule has 5 aliphatic carbocycles. The highest BCUT2D eigenvalue weighted by molar-refractivity contribution is 9.12. The summed E-state index contributed by atoms with van der Waals surface area (Å²) in [7, 11) is 0. The van der Waals surface area contributed by atoms with E-state index in [-0.39, 0.29) is 4.32 Å². The Labute approximate surface area is 140 Å². The van der Waals surface area contributed by atoms with E-state index < -0.39 is 0 Å². The Morgan fingerprint density at radius 1 is 0.947 bits per heavy atom. The second-order valence-corrected chi connectivity index (χ2v) is 10.7. The van der Waals surface area contributed by atoms with E-state index in [1.165, 1.54) is 47.5 Å². The third-order valence-corrected chi connectivity index (χ3v) is 8.32. The number of hydrogen-bond acceptors (Lipinski definition) is 0. The molecule has 0 aromatic heterocycles. The van der Waals surface area contributed by atoms with E-state index in [0.29, 0.717) is 5.41 Å². The number of allylic oxidation sites excluding steroid dienone is 4. The van der Waals surface area contributed by atoms with Crippen LogP contribution in [-0.4, -0.2) is 4.32 Å². The number of rotatable bonds is 1. The molecule has 3 heteroatoms. The Hall–Kier alpha value is 0.920. The Kier molecular flexibility index (Phi) is 3.18. The van der Waals surface area contributed by atoms with Crippen LogP contribution in [0.2, 0.25) is 0 Å². The molecule has 19 heavy (non-hydrogen) atoms. The molecular weight excluding hydrogens is 432 g/mol. The van der Waals surface area contributed by atoms with Crippen LogP contribution < -0.4 is 0 Å². The van der Waals surface area contributed by atoms with Gasteiger partial charge in [-0.15, -0.1) is 0 Å². The van der Waals surface area contributed by atoms with E-state index in [2.05, 4.69) is 59.9 Å². The molecule has 4 fully saturated rings. The lowest BCUT2D eigenvalue weighted by molar-refractivity contribution is -0.0652. The largest absolute Gasteiger partial charge is 0.0797 e. The fourth-order valence-electron chi connectivity index (χ4n) is 5.72. The van der Waals surface area contributed by atoms with Crippen LogP contribution in [0.25, 0.3) is 0 Å². The van der Waals surface area contributed by atoms with Gasteiger partial charge in [-0.3, -0.25) is 0 Å². The number of hydrogen-bond donors (Lipinski definition) is 0. The summed E-state index contributed by atoms with van der Waals surface area (Å²) in [6.07, 6.45) is 14.7. The predicted molar refractivity (Wildman–Crippen MR) is 90.9 cm³/mol. The van der Waals surface area contributed by atoms with Crippen LogP contribution in [0.4, 0.5) is 0 Å². The summed E-state index contributed by atoms with van der Waals surface area (Å²) in [5.41, 5.74) is 0.508. The van der Waals surface area contributed by atoms with Crippen LogP contribution in [0.15, 0.2) is 21.1 Å². The molecule has 0 amide bonds. The highest BCUT2D eigenvalue weighted by Gasteiger charge is 2.59. The maximum absolute atomic E-state index is 4.19. The minimum Gasteiger partial charge on any atom is -0.0797 e. The first-order chi connectivity index (χ1) is 8.98. The van der Waals surface area contributed by atoms with Gasteiger partial charge in [-0.05, 0) is 78.7 Å². The normalized spacial score (nSPS) is 52.1. The standard InChI is InChI=1S/C16H19Br3/c17-13-4-14(18)9-16(19,8-13)15-5-10-1-11(6-15)3-12(2-10)7-15/h4,8,10-12H,1-3,5-7,9H2. The van der Waals surface area contributed by atoms with Crippen molar-refractivity contribution < 1.29 is 0 Å². The van der Waals surface area contributed by atoms with Gasteiger partial charge in [0.25, 0.3) is 0 Å².